The fraction of sp³-hybridized carbons (Fsp3) is 0.579. The molecule has 19 heavy (non-hydrogen) atoms. The molecule has 0 rings (SSSR count). The van der Waals surface area contributed by atoms with Crippen molar-refractivity contribution in [2.45, 2.75) is 62.3 Å². The van der Waals surface area contributed by atoms with Crippen LogP contribution in [0.2, 0.25) is 0 Å². The summed E-state index contributed by atoms with van der Waals surface area (Å²) in [5, 5.41) is 0. The molecule has 0 atom stereocenters. The Hall–Kier alpha value is -1.04. The lowest BCUT2D eigenvalue weighted by Gasteiger charge is -2.08. The van der Waals surface area contributed by atoms with Crippen LogP contribution in [0, 0.1) is 11.3 Å². The average Bonchev–Trinajstić information content (AvgIpc) is 2.31. The van der Waals surface area contributed by atoms with E-state index in [1.54, 1.807) is 18.2 Å². The lowest BCUT2D eigenvalue weighted by Crippen LogP contribution is -1.96. The van der Waals surface area contributed by atoms with E-state index in [0.717, 1.165) is 5.92 Å². The van der Waals surface area contributed by atoms with Crippen LogP contribution in [0.5, 0.6) is 0 Å². The van der Waals surface area contributed by atoms with Crippen LogP contribution in [0.15, 0.2) is 50.6 Å². The summed E-state index contributed by atoms with van der Waals surface area (Å²) in [6, 6.07) is 0. The Balaban J connectivity index is -0.0000000452. The van der Waals surface area contributed by atoms with Gasteiger partial charge in [0.25, 0.3) is 0 Å². The van der Waals surface area contributed by atoms with Crippen LogP contribution < -0.4 is 0 Å². The van der Waals surface area contributed by atoms with Gasteiger partial charge in [-0.05, 0) is 18.3 Å². The van der Waals surface area contributed by atoms with Crippen LogP contribution in [0.3, 0.4) is 0 Å². The van der Waals surface area contributed by atoms with Gasteiger partial charge >= 0.3 is 0 Å². The van der Waals surface area contributed by atoms with Gasteiger partial charge in [0.1, 0.15) is 0 Å². The minimum Gasteiger partial charge on any atom is -0.103 e. The van der Waals surface area contributed by atoms with Crippen LogP contribution in [-0.2, 0) is 0 Å². The smallest absolute Gasteiger partial charge is 0.0206 e. The average molecular weight is 269 g/mol. The van der Waals surface area contributed by atoms with Crippen molar-refractivity contribution in [1.29, 1.82) is 0 Å². The summed E-state index contributed by atoms with van der Waals surface area (Å²) in [7, 11) is 0. The number of rotatable bonds is 1. The monoisotopic (exact) mass is 268 g/mol. The van der Waals surface area contributed by atoms with E-state index in [2.05, 4.69) is 67.9 Å². The molecule has 0 aliphatic rings. The molecule has 0 saturated carbocycles. The third-order valence-corrected chi connectivity index (χ3v) is 0.779. The van der Waals surface area contributed by atoms with Gasteiger partial charge in [-0.1, -0.05) is 92.9 Å². The third kappa shape index (κ3) is 433. The summed E-state index contributed by atoms with van der Waals surface area (Å²) in [5.41, 5.74) is 0.306. The lowest BCUT2D eigenvalue weighted by atomic mass is 9.98. The maximum Gasteiger partial charge on any atom is -0.0206 e. The van der Waals surface area contributed by atoms with Gasteiger partial charge in [-0.15, -0.1) is 13.2 Å². The highest BCUT2D eigenvalue weighted by molar-refractivity contribution is 4.88. The number of hydrogen-bond acceptors (Lipinski definition) is 0. The molecule has 0 aromatic heterocycles. The Bertz CT molecular complexity index is 156. The molecule has 0 aromatic rings. The normalized spacial score (nSPS) is 7.47. The standard InChI is InChI=1S/C6H12.C4H10.C4H6.C3H6.C2H6/c1-5-6(2,3)4;1-4(2)3;1-3-4-2;1-3-2;1-2/h5H,1H2,2-4H3;4H,1-3H3;3-4H,1-2H2;3H,1H2,2H3;1-2H3. The van der Waals surface area contributed by atoms with Crippen LogP contribution in [-0.4, -0.2) is 0 Å². The topological polar surface area (TPSA) is 0 Å². The molecule has 0 fully saturated rings. The molecule has 0 aromatic carbocycles. The second-order valence-electron chi connectivity index (χ2n) is 5.18. The highest BCUT2D eigenvalue weighted by Gasteiger charge is 1.99. The van der Waals surface area contributed by atoms with Gasteiger partial charge < -0.3 is 0 Å². The first-order chi connectivity index (χ1) is 8.62. The molecule has 0 aliphatic heterocycles. The van der Waals surface area contributed by atoms with Gasteiger partial charge in [0, 0.05) is 0 Å². The maximum atomic E-state index is 3.63. The zero-order valence-electron chi connectivity index (χ0n) is 15.2. The Morgan fingerprint density at radius 2 is 0.895 bits per heavy atom. The van der Waals surface area contributed by atoms with Crippen molar-refractivity contribution < 1.29 is 0 Å². The predicted octanol–water partition coefficient (Wildman–Crippen LogP) is 7.46. The first kappa shape index (κ1) is 30.8. The van der Waals surface area contributed by atoms with E-state index in [-0.39, 0.29) is 0 Å². The second-order valence-corrected chi connectivity index (χ2v) is 5.18. The van der Waals surface area contributed by atoms with E-state index in [1.165, 1.54) is 0 Å². The molecule has 0 N–H and O–H groups in total. The highest BCUT2D eigenvalue weighted by atomic mass is 14.0. The Kier molecular flexibility index (Phi) is 48.9. The van der Waals surface area contributed by atoms with Crippen molar-refractivity contribution in [3.63, 3.8) is 0 Å². The quantitative estimate of drug-likeness (QED) is 0.342. The van der Waals surface area contributed by atoms with E-state index in [0.29, 0.717) is 5.41 Å². The molecule has 0 spiro atoms. The van der Waals surface area contributed by atoms with Crippen LogP contribution >= 0.6 is 0 Å². The van der Waals surface area contributed by atoms with Gasteiger partial charge in [-0.2, -0.15) is 0 Å². The first-order valence-corrected chi connectivity index (χ1v) is 7.06. The van der Waals surface area contributed by atoms with Crippen molar-refractivity contribution in [3.05, 3.63) is 50.6 Å². The zero-order valence-corrected chi connectivity index (χ0v) is 15.2. The largest absolute Gasteiger partial charge is 0.103 e. The van der Waals surface area contributed by atoms with Crippen LogP contribution in [0.25, 0.3) is 0 Å². The Morgan fingerprint density at radius 3 is 0.895 bits per heavy atom. The summed E-state index contributed by atoms with van der Waals surface area (Å²) in [6.07, 6.45) is 6.97. The van der Waals surface area contributed by atoms with Crippen LogP contribution in [0.4, 0.5) is 0 Å². The molecule has 0 nitrogen and oxygen atoms in total. The summed E-state index contributed by atoms with van der Waals surface area (Å²) < 4.78 is 0. The second kappa shape index (κ2) is 30.2. The number of hydrogen-bond donors (Lipinski definition) is 0. The minimum absolute atomic E-state index is 0.306. The summed E-state index contributed by atoms with van der Waals surface area (Å²) in [6.45, 7) is 32.5. The van der Waals surface area contributed by atoms with Crippen molar-refractivity contribution in [2.75, 3.05) is 0 Å². The van der Waals surface area contributed by atoms with Crippen molar-refractivity contribution in [2.24, 2.45) is 11.3 Å². The maximum absolute atomic E-state index is 3.63. The van der Waals surface area contributed by atoms with Gasteiger partial charge in [0.15, 0.2) is 0 Å². The zero-order chi connectivity index (χ0) is 16.9. The van der Waals surface area contributed by atoms with Crippen molar-refractivity contribution in [3.8, 4) is 0 Å². The fourth-order valence-electron chi connectivity index (χ4n) is 0. The molecule has 0 bridgehead atoms. The van der Waals surface area contributed by atoms with E-state index in [1.807, 2.05) is 26.8 Å². The van der Waals surface area contributed by atoms with Gasteiger partial charge in [0.2, 0.25) is 0 Å². The Morgan fingerprint density at radius 1 is 0.789 bits per heavy atom. The van der Waals surface area contributed by atoms with Gasteiger partial charge in [-0.3, -0.25) is 0 Å². The van der Waals surface area contributed by atoms with Crippen LogP contribution in [0.1, 0.15) is 62.3 Å². The SMILES string of the molecule is C=CC.C=CC(C)(C)C.C=CC=C.CC.CC(C)C. The summed E-state index contributed by atoms with van der Waals surface area (Å²) in [4.78, 5) is 0. The third-order valence-electron chi connectivity index (χ3n) is 0.779. The molecule has 0 saturated heterocycles. The molecular weight excluding hydrogens is 228 g/mol. The summed E-state index contributed by atoms with van der Waals surface area (Å²) >= 11 is 0. The lowest BCUT2D eigenvalue weighted by molar-refractivity contribution is 0.546. The van der Waals surface area contributed by atoms with E-state index in [9.17, 15) is 0 Å². The molecule has 0 amide bonds. The highest BCUT2D eigenvalue weighted by Crippen LogP contribution is 2.11. The van der Waals surface area contributed by atoms with Crippen molar-refractivity contribution >= 4 is 0 Å². The predicted molar refractivity (Wildman–Crippen MR) is 97.8 cm³/mol. The molecule has 0 radical (unpaired) electrons. The van der Waals surface area contributed by atoms with E-state index >= 15 is 0 Å². The minimum atomic E-state index is 0.306. The Labute approximate surface area is 125 Å². The van der Waals surface area contributed by atoms with Gasteiger partial charge in [0.05, 0.1) is 0 Å². The molecular formula is C19H40. The molecule has 0 unspecified atom stereocenters. The molecule has 0 heterocycles. The molecule has 0 aliphatic carbocycles. The van der Waals surface area contributed by atoms with Gasteiger partial charge in [-0.25, -0.2) is 0 Å². The molecule has 0 heteroatoms. The van der Waals surface area contributed by atoms with Crippen molar-refractivity contribution in [1.82, 2.24) is 0 Å². The summed E-state index contributed by atoms with van der Waals surface area (Å²) in [5.74, 6) is 0.833. The fourth-order valence-corrected chi connectivity index (χ4v) is 0. The first-order valence-electron chi connectivity index (χ1n) is 7.06. The number of allylic oxidation sites excluding steroid dienone is 4. The van der Waals surface area contributed by atoms with E-state index < -0.39 is 0 Å². The molecule has 116 valence electrons. The van der Waals surface area contributed by atoms with E-state index in [4.69, 9.17) is 0 Å².